The third-order valence-electron chi connectivity index (χ3n) is 2.05. The van der Waals surface area contributed by atoms with E-state index in [1.807, 2.05) is 12.1 Å². The molecule has 1 fully saturated rings. The van der Waals surface area contributed by atoms with Gasteiger partial charge in [0.15, 0.2) is 0 Å². The van der Waals surface area contributed by atoms with E-state index >= 15 is 0 Å². The Morgan fingerprint density at radius 1 is 1.21 bits per heavy atom. The van der Waals surface area contributed by atoms with Gasteiger partial charge in [-0.25, -0.2) is 0 Å². The molecule has 0 N–H and O–H groups in total. The summed E-state index contributed by atoms with van der Waals surface area (Å²) in [7, 11) is 0. The quantitative estimate of drug-likeness (QED) is 0.706. The molecule has 0 unspecified atom stereocenters. The molecule has 0 atom stereocenters. The maximum Gasteiger partial charge on any atom is 0.138 e. The highest BCUT2D eigenvalue weighted by atomic mass is 16.5. The topological polar surface area (TPSA) is 56.8 Å². The van der Waals surface area contributed by atoms with E-state index in [-0.39, 0.29) is 6.10 Å². The Morgan fingerprint density at radius 3 is 2.57 bits per heavy atom. The zero-order valence-corrected chi connectivity index (χ0v) is 7.53. The van der Waals surface area contributed by atoms with E-state index in [1.54, 1.807) is 18.2 Å². The van der Waals surface area contributed by atoms with Crippen LogP contribution in [0.15, 0.2) is 18.2 Å². The molecule has 0 aromatic heterocycles. The third kappa shape index (κ3) is 1.67. The number of nitrogens with zero attached hydrogens (tertiary/aromatic N) is 2. The molecule has 68 valence electrons. The molecule has 0 radical (unpaired) electrons. The summed E-state index contributed by atoms with van der Waals surface area (Å²) in [6.45, 7) is 0. The fourth-order valence-corrected chi connectivity index (χ4v) is 1.15. The first-order valence-corrected chi connectivity index (χ1v) is 4.44. The highest BCUT2D eigenvalue weighted by Crippen LogP contribution is 2.29. The number of rotatable bonds is 2. The third-order valence-corrected chi connectivity index (χ3v) is 2.05. The lowest BCUT2D eigenvalue weighted by molar-refractivity contribution is 0.302. The van der Waals surface area contributed by atoms with Gasteiger partial charge in [-0.3, -0.25) is 0 Å². The number of nitriles is 2. The van der Waals surface area contributed by atoms with Crippen molar-refractivity contribution in [3.8, 4) is 17.9 Å². The van der Waals surface area contributed by atoms with Gasteiger partial charge < -0.3 is 4.74 Å². The monoisotopic (exact) mass is 184 g/mol. The fourth-order valence-electron chi connectivity index (χ4n) is 1.15. The molecule has 3 heteroatoms. The van der Waals surface area contributed by atoms with Gasteiger partial charge in [-0.1, -0.05) is 0 Å². The van der Waals surface area contributed by atoms with E-state index in [0.717, 1.165) is 12.8 Å². The Kier molecular flexibility index (Phi) is 2.08. The minimum absolute atomic E-state index is 0.246. The molecule has 1 saturated carbocycles. The van der Waals surface area contributed by atoms with Crippen LogP contribution in [0.1, 0.15) is 24.0 Å². The molecule has 1 aliphatic rings. The zero-order chi connectivity index (χ0) is 9.97. The van der Waals surface area contributed by atoms with Crippen molar-refractivity contribution < 1.29 is 4.74 Å². The predicted octanol–water partition coefficient (Wildman–Crippen LogP) is 1.97. The van der Waals surface area contributed by atoms with Gasteiger partial charge >= 0.3 is 0 Å². The van der Waals surface area contributed by atoms with E-state index in [1.165, 1.54) is 0 Å². The lowest BCUT2D eigenvalue weighted by Gasteiger charge is -2.05. The highest BCUT2D eigenvalue weighted by molar-refractivity contribution is 5.48. The number of hydrogen-bond acceptors (Lipinski definition) is 3. The van der Waals surface area contributed by atoms with Crippen molar-refractivity contribution in [3.63, 3.8) is 0 Å². The summed E-state index contributed by atoms with van der Waals surface area (Å²) < 4.78 is 5.52. The molecule has 0 spiro atoms. The molecule has 2 rings (SSSR count). The van der Waals surface area contributed by atoms with Crippen LogP contribution in [0.3, 0.4) is 0 Å². The average Bonchev–Trinajstić information content (AvgIpc) is 3.01. The van der Waals surface area contributed by atoms with Gasteiger partial charge in [0.05, 0.1) is 23.3 Å². The first-order valence-electron chi connectivity index (χ1n) is 4.44. The number of ether oxygens (including phenoxy) is 1. The van der Waals surface area contributed by atoms with Crippen molar-refractivity contribution in [2.75, 3.05) is 0 Å². The SMILES string of the molecule is N#Cc1ccc(C#N)c(OC2CC2)c1. The van der Waals surface area contributed by atoms with Gasteiger partial charge in [0, 0.05) is 0 Å². The maximum absolute atomic E-state index is 8.80. The largest absolute Gasteiger partial charge is 0.489 e. The molecule has 0 bridgehead atoms. The molecular formula is C11H8N2O. The summed E-state index contributed by atoms with van der Waals surface area (Å²) in [5.74, 6) is 0.536. The highest BCUT2D eigenvalue weighted by Gasteiger charge is 2.24. The molecule has 0 amide bonds. The standard InChI is InChI=1S/C11H8N2O/c12-6-8-1-2-9(7-13)11(5-8)14-10-3-4-10/h1-2,5,10H,3-4H2. The smallest absolute Gasteiger partial charge is 0.138 e. The van der Waals surface area contributed by atoms with Crippen molar-refractivity contribution in [1.82, 2.24) is 0 Å². The molecule has 0 saturated heterocycles. The van der Waals surface area contributed by atoms with Crippen LogP contribution >= 0.6 is 0 Å². The van der Waals surface area contributed by atoms with Gasteiger partial charge in [-0.05, 0) is 31.0 Å². The first kappa shape index (κ1) is 8.59. The molecule has 0 heterocycles. The Bertz CT molecular complexity index is 436. The van der Waals surface area contributed by atoms with Crippen molar-refractivity contribution in [3.05, 3.63) is 29.3 Å². The molecule has 3 nitrogen and oxygen atoms in total. The molecule has 14 heavy (non-hydrogen) atoms. The van der Waals surface area contributed by atoms with Gasteiger partial charge in [-0.15, -0.1) is 0 Å². The van der Waals surface area contributed by atoms with E-state index < -0.39 is 0 Å². The lowest BCUT2D eigenvalue weighted by Crippen LogP contribution is -1.98. The molecule has 1 aromatic carbocycles. The van der Waals surface area contributed by atoms with E-state index in [2.05, 4.69) is 0 Å². The van der Waals surface area contributed by atoms with Crippen LogP contribution in [-0.2, 0) is 0 Å². The second-order valence-corrected chi connectivity index (χ2v) is 3.25. The Hall–Kier alpha value is -2.00. The van der Waals surface area contributed by atoms with E-state index in [9.17, 15) is 0 Å². The van der Waals surface area contributed by atoms with Gasteiger partial charge in [0.1, 0.15) is 11.8 Å². The number of hydrogen-bond donors (Lipinski definition) is 0. The lowest BCUT2D eigenvalue weighted by atomic mass is 10.1. The first-order chi connectivity index (χ1) is 6.83. The van der Waals surface area contributed by atoms with Crippen LogP contribution in [0.5, 0.6) is 5.75 Å². The maximum atomic E-state index is 8.80. The Balaban J connectivity index is 2.33. The predicted molar refractivity (Wildman–Crippen MR) is 49.5 cm³/mol. The summed E-state index contributed by atoms with van der Waals surface area (Å²) in [5.41, 5.74) is 1.02. The van der Waals surface area contributed by atoms with Crippen molar-refractivity contribution in [1.29, 1.82) is 10.5 Å². The van der Waals surface area contributed by atoms with Crippen LogP contribution in [0.2, 0.25) is 0 Å². The summed E-state index contributed by atoms with van der Waals surface area (Å²) in [4.78, 5) is 0. The van der Waals surface area contributed by atoms with Gasteiger partial charge in [0.25, 0.3) is 0 Å². The Morgan fingerprint density at radius 2 is 2.00 bits per heavy atom. The molecule has 1 aliphatic carbocycles. The second kappa shape index (κ2) is 3.40. The van der Waals surface area contributed by atoms with Crippen LogP contribution in [0.4, 0.5) is 0 Å². The molecule has 1 aromatic rings. The average molecular weight is 184 g/mol. The normalized spacial score (nSPS) is 14.1. The Labute approximate surface area is 82.1 Å². The van der Waals surface area contributed by atoms with Gasteiger partial charge in [0.2, 0.25) is 0 Å². The number of benzene rings is 1. The van der Waals surface area contributed by atoms with Crippen LogP contribution < -0.4 is 4.74 Å². The summed E-state index contributed by atoms with van der Waals surface area (Å²) in [5, 5.41) is 17.5. The minimum atomic E-state index is 0.246. The van der Waals surface area contributed by atoms with Crippen molar-refractivity contribution in [2.45, 2.75) is 18.9 Å². The zero-order valence-electron chi connectivity index (χ0n) is 7.53. The summed E-state index contributed by atoms with van der Waals surface area (Å²) >= 11 is 0. The van der Waals surface area contributed by atoms with Crippen LogP contribution in [-0.4, -0.2) is 6.10 Å². The van der Waals surface area contributed by atoms with Crippen molar-refractivity contribution in [2.24, 2.45) is 0 Å². The van der Waals surface area contributed by atoms with E-state index in [0.29, 0.717) is 16.9 Å². The summed E-state index contributed by atoms with van der Waals surface area (Å²) in [6.07, 6.45) is 2.33. The van der Waals surface area contributed by atoms with Crippen LogP contribution in [0.25, 0.3) is 0 Å². The van der Waals surface area contributed by atoms with Crippen LogP contribution in [0, 0.1) is 22.7 Å². The second-order valence-electron chi connectivity index (χ2n) is 3.25. The van der Waals surface area contributed by atoms with E-state index in [4.69, 9.17) is 15.3 Å². The van der Waals surface area contributed by atoms with Gasteiger partial charge in [-0.2, -0.15) is 10.5 Å². The fraction of sp³-hybridized carbons (Fsp3) is 0.273. The minimum Gasteiger partial charge on any atom is -0.489 e. The molecule has 0 aliphatic heterocycles. The molecular weight excluding hydrogens is 176 g/mol. The summed E-state index contributed by atoms with van der Waals surface area (Å²) in [6, 6.07) is 8.94. The van der Waals surface area contributed by atoms with Crippen molar-refractivity contribution >= 4 is 0 Å².